The minimum Gasteiger partial charge on any atom is -0.466 e. The molecule has 0 aromatic rings. The van der Waals surface area contributed by atoms with Crippen LogP contribution in [0.4, 0.5) is 0 Å². The second-order valence-electron chi connectivity index (χ2n) is 4.45. The summed E-state index contributed by atoms with van der Waals surface area (Å²) in [5, 5.41) is 2.77. The Labute approximate surface area is 92.2 Å². The van der Waals surface area contributed by atoms with Gasteiger partial charge < -0.3 is 10.1 Å². The molecule has 0 spiro atoms. The van der Waals surface area contributed by atoms with Gasteiger partial charge in [-0.1, -0.05) is 0 Å². The van der Waals surface area contributed by atoms with E-state index >= 15 is 0 Å². The molecule has 88 valence electrons. The zero-order chi connectivity index (χ0) is 12.2. The van der Waals surface area contributed by atoms with E-state index in [4.69, 9.17) is 0 Å². The van der Waals surface area contributed by atoms with Crippen molar-refractivity contribution in [1.29, 1.82) is 0 Å². The molecule has 4 heteroatoms. The predicted molar refractivity (Wildman–Crippen MR) is 60.4 cm³/mol. The lowest BCUT2D eigenvalue weighted by Gasteiger charge is -2.21. The van der Waals surface area contributed by atoms with Crippen molar-refractivity contribution >= 4 is 11.9 Å². The van der Waals surface area contributed by atoms with Crippen LogP contribution in [0.5, 0.6) is 0 Å². The summed E-state index contributed by atoms with van der Waals surface area (Å²) < 4.78 is 4.54. The van der Waals surface area contributed by atoms with Gasteiger partial charge in [0.25, 0.3) is 0 Å². The number of hydrogen-bond donors (Lipinski definition) is 1. The average Bonchev–Trinajstić information content (AvgIpc) is 2.11. The van der Waals surface area contributed by atoms with Gasteiger partial charge >= 0.3 is 5.97 Å². The molecule has 1 N–H and O–H groups in total. The summed E-state index contributed by atoms with van der Waals surface area (Å²) in [7, 11) is 1.29. The first kappa shape index (κ1) is 13.7. The van der Waals surface area contributed by atoms with Crippen LogP contribution in [0.25, 0.3) is 0 Å². The van der Waals surface area contributed by atoms with Crippen LogP contribution < -0.4 is 5.32 Å². The van der Waals surface area contributed by atoms with Crippen molar-refractivity contribution in [2.24, 2.45) is 0 Å². The van der Waals surface area contributed by atoms with E-state index in [0.717, 1.165) is 0 Å². The van der Waals surface area contributed by atoms with Crippen molar-refractivity contribution < 1.29 is 15.8 Å². The fourth-order valence-corrected chi connectivity index (χ4v) is 0.911. The second-order valence-corrected chi connectivity index (χ2v) is 4.45. The molecule has 15 heavy (non-hydrogen) atoms. The minimum atomic E-state index is -0.475. The molecular weight excluding hydrogens is 194 g/mol. The maximum atomic E-state index is 11.6. The number of hydrogen-bond acceptors (Lipinski definition) is 3. The van der Waals surface area contributed by atoms with Crippen molar-refractivity contribution in [3.05, 3.63) is 11.1 Å². The lowest BCUT2D eigenvalue weighted by Crippen LogP contribution is -2.41. The van der Waals surface area contributed by atoms with Crippen LogP contribution in [0.1, 0.15) is 36.0 Å². The van der Waals surface area contributed by atoms with E-state index in [1.165, 1.54) is 7.11 Å². The SMILES string of the molecule is COC(=O)/C(C)=C(/C)C(=O)NC(C)(C)C.[HH]. The summed E-state index contributed by atoms with van der Waals surface area (Å²) in [6, 6.07) is 0. The molecule has 0 aromatic carbocycles. The predicted octanol–water partition coefficient (Wildman–Crippen LogP) is 1.66. The largest absolute Gasteiger partial charge is 0.466 e. The van der Waals surface area contributed by atoms with Crippen molar-refractivity contribution in [1.82, 2.24) is 5.32 Å². The number of amides is 1. The Hall–Kier alpha value is -1.32. The summed E-state index contributed by atoms with van der Waals surface area (Å²) in [6.45, 7) is 8.82. The molecule has 4 nitrogen and oxygen atoms in total. The Kier molecular flexibility index (Phi) is 4.52. The Balaban J connectivity index is 0. The summed E-state index contributed by atoms with van der Waals surface area (Å²) in [5.41, 5.74) is 0.408. The number of methoxy groups -OCH3 is 1. The summed E-state index contributed by atoms with van der Waals surface area (Å²) in [4.78, 5) is 22.8. The highest BCUT2D eigenvalue weighted by Crippen LogP contribution is 2.08. The van der Waals surface area contributed by atoms with Crippen LogP contribution in [0, 0.1) is 0 Å². The quantitative estimate of drug-likeness (QED) is 0.563. The molecule has 0 saturated heterocycles. The summed E-state index contributed by atoms with van der Waals surface area (Å²) >= 11 is 0. The van der Waals surface area contributed by atoms with Crippen LogP contribution in [-0.4, -0.2) is 24.5 Å². The van der Waals surface area contributed by atoms with Gasteiger partial charge in [0.15, 0.2) is 0 Å². The maximum Gasteiger partial charge on any atom is 0.333 e. The molecule has 0 fully saturated rings. The van der Waals surface area contributed by atoms with Gasteiger partial charge in [-0.25, -0.2) is 4.79 Å². The highest BCUT2D eigenvalue weighted by Gasteiger charge is 2.18. The van der Waals surface area contributed by atoms with Crippen molar-refractivity contribution in [3.63, 3.8) is 0 Å². The summed E-state index contributed by atoms with van der Waals surface area (Å²) in [5.74, 6) is -0.720. The smallest absolute Gasteiger partial charge is 0.333 e. The number of carbonyl (C=O) groups is 2. The maximum absolute atomic E-state index is 11.6. The molecule has 0 saturated carbocycles. The van der Waals surface area contributed by atoms with Gasteiger partial charge in [-0.05, 0) is 34.6 Å². The van der Waals surface area contributed by atoms with Crippen LogP contribution in [0.15, 0.2) is 11.1 Å². The van der Waals surface area contributed by atoms with E-state index in [9.17, 15) is 9.59 Å². The monoisotopic (exact) mass is 215 g/mol. The molecule has 1 amide bonds. The molecule has 0 rings (SSSR count). The van der Waals surface area contributed by atoms with Crippen LogP contribution in [0.3, 0.4) is 0 Å². The third-order valence-corrected chi connectivity index (χ3v) is 1.88. The number of rotatable bonds is 2. The Morgan fingerprint density at radius 2 is 1.60 bits per heavy atom. The number of esters is 1. The lowest BCUT2D eigenvalue weighted by molar-refractivity contribution is -0.136. The standard InChI is InChI=1S/C11H19NO3.H2/c1-7(8(2)10(14)15-6)9(13)12-11(3,4)5;/h1-6H3,(H,12,13);1H/b8-7-;. The second kappa shape index (κ2) is 4.96. The third kappa shape index (κ3) is 4.63. The number of ether oxygens (including phenoxy) is 1. The average molecular weight is 215 g/mol. The van der Waals surface area contributed by atoms with Gasteiger partial charge in [0.2, 0.25) is 5.91 Å². The minimum absolute atomic E-state index is 0. The highest BCUT2D eigenvalue weighted by molar-refractivity contribution is 6.02. The van der Waals surface area contributed by atoms with Crippen molar-refractivity contribution in [2.75, 3.05) is 7.11 Å². The van der Waals surface area contributed by atoms with Crippen LogP contribution in [-0.2, 0) is 14.3 Å². The Morgan fingerprint density at radius 1 is 1.13 bits per heavy atom. The first-order valence-corrected chi connectivity index (χ1v) is 4.77. The van der Waals surface area contributed by atoms with Crippen molar-refractivity contribution in [3.8, 4) is 0 Å². The van der Waals surface area contributed by atoms with E-state index in [0.29, 0.717) is 11.1 Å². The normalized spacial score (nSPS) is 12.9. The topological polar surface area (TPSA) is 55.4 Å². The van der Waals surface area contributed by atoms with Gasteiger partial charge in [0, 0.05) is 18.1 Å². The molecule has 0 aliphatic carbocycles. The van der Waals surface area contributed by atoms with E-state index < -0.39 is 5.97 Å². The first-order chi connectivity index (χ1) is 6.69. The van der Waals surface area contributed by atoms with E-state index in [-0.39, 0.29) is 12.9 Å². The van der Waals surface area contributed by atoms with Gasteiger partial charge in [0.1, 0.15) is 0 Å². The zero-order valence-corrected chi connectivity index (χ0v) is 10.2. The Bertz CT molecular complexity index is 303. The lowest BCUT2D eigenvalue weighted by atomic mass is 10.1. The van der Waals surface area contributed by atoms with Crippen LogP contribution >= 0.6 is 0 Å². The van der Waals surface area contributed by atoms with Crippen LogP contribution in [0.2, 0.25) is 0 Å². The molecule has 0 bridgehead atoms. The van der Waals surface area contributed by atoms with Gasteiger partial charge in [-0.15, -0.1) is 0 Å². The van der Waals surface area contributed by atoms with E-state index in [1.807, 2.05) is 20.8 Å². The fourth-order valence-electron chi connectivity index (χ4n) is 0.911. The van der Waals surface area contributed by atoms with E-state index in [1.54, 1.807) is 13.8 Å². The molecule has 0 heterocycles. The van der Waals surface area contributed by atoms with E-state index in [2.05, 4.69) is 10.1 Å². The highest BCUT2D eigenvalue weighted by atomic mass is 16.5. The zero-order valence-electron chi connectivity index (χ0n) is 10.2. The van der Waals surface area contributed by atoms with Gasteiger partial charge in [-0.3, -0.25) is 4.79 Å². The number of carbonyl (C=O) groups excluding carboxylic acids is 2. The molecular formula is C11H21NO3. The molecule has 0 aromatic heterocycles. The Morgan fingerprint density at radius 3 is 1.93 bits per heavy atom. The van der Waals surface area contributed by atoms with Gasteiger partial charge in [0.05, 0.1) is 7.11 Å². The first-order valence-electron chi connectivity index (χ1n) is 4.77. The molecule has 0 radical (unpaired) electrons. The van der Waals surface area contributed by atoms with Crippen molar-refractivity contribution in [2.45, 2.75) is 40.2 Å². The molecule has 0 aliphatic rings. The number of nitrogens with one attached hydrogen (secondary N) is 1. The third-order valence-electron chi connectivity index (χ3n) is 1.88. The fraction of sp³-hybridized carbons (Fsp3) is 0.636. The molecule has 0 unspecified atom stereocenters. The summed E-state index contributed by atoms with van der Waals surface area (Å²) in [6.07, 6.45) is 0. The van der Waals surface area contributed by atoms with Gasteiger partial charge in [-0.2, -0.15) is 0 Å². The molecule has 0 atom stereocenters. The molecule has 0 aliphatic heterocycles.